The molecule has 26 heavy (non-hydrogen) atoms. The van der Waals surface area contributed by atoms with Crippen molar-refractivity contribution < 1.29 is 13.2 Å². The second-order valence-corrected chi connectivity index (χ2v) is 11.3. The topological polar surface area (TPSA) is 66.5 Å². The third-order valence-electron chi connectivity index (χ3n) is 4.39. The molecule has 0 bridgehead atoms. The maximum atomic E-state index is 12.8. The molecule has 2 heterocycles. The van der Waals surface area contributed by atoms with E-state index < -0.39 is 10.0 Å². The molecule has 1 saturated heterocycles. The molecule has 1 aliphatic rings. The van der Waals surface area contributed by atoms with E-state index >= 15 is 0 Å². The van der Waals surface area contributed by atoms with Gasteiger partial charge in [-0.3, -0.25) is 4.79 Å². The number of amides is 1. The van der Waals surface area contributed by atoms with Gasteiger partial charge >= 0.3 is 0 Å². The molecule has 140 valence electrons. The normalized spacial score (nSPS) is 18.7. The van der Waals surface area contributed by atoms with Crippen LogP contribution in [0.1, 0.15) is 24.0 Å². The number of hydrogen-bond donors (Lipinski definition) is 1. The van der Waals surface area contributed by atoms with Gasteiger partial charge < -0.3 is 5.32 Å². The summed E-state index contributed by atoms with van der Waals surface area (Å²) in [4.78, 5) is 12.7. The van der Waals surface area contributed by atoms with E-state index in [0.29, 0.717) is 23.6 Å². The fourth-order valence-corrected chi connectivity index (χ4v) is 6.92. The first-order valence-corrected chi connectivity index (χ1v) is 11.5. The quantitative estimate of drug-likeness (QED) is 0.750. The van der Waals surface area contributed by atoms with Gasteiger partial charge in [-0.2, -0.15) is 4.31 Å². The van der Waals surface area contributed by atoms with Gasteiger partial charge in [-0.1, -0.05) is 6.07 Å². The van der Waals surface area contributed by atoms with E-state index in [0.717, 1.165) is 20.6 Å². The lowest BCUT2D eigenvalue weighted by Gasteiger charge is -2.30. The summed E-state index contributed by atoms with van der Waals surface area (Å²) in [6.07, 6.45) is 1.37. The molecular formula is C18H21BrN2O3S2. The molecule has 1 aromatic carbocycles. The maximum Gasteiger partial charge on any atom is 0.252 e. The SMILES string of the molecule is Cc1cc(C)cc(NC(=O)C2CCCN(S(=O)(=O)c3ccc(Br)s3)C2)c1. The Hall–Kier alpha value is -1.22. The summed E-state index contributed by atoms with van der Waals surface area (Å²) < 4.78 is 28.1. The first-order valence-electron chi connectivity index (χ1n) is 8.40. The number of sulfonamides is 1. The van der Waals surface area contributed by atoms with Crippen LogP contribution in [0.2, 0.25) is 0 Å². The number of hydrogen-bond acceptors (Lipinski definition) is 4. The van der Waals surface area contributed by atoms with Gasteiger partial charge in [0.05, 0.1) is 9.70 Å². The van der Waals surface area contributed by atoms with Crippen LogP contribution >= 0.6 is 27.3 Å². The van der Waals surface area contributed by atoms with Crippen LogP contribution in [0.5, 0.6) is 0 Å². The number of nitrogens with one attached hydrogen (secondary N) is 1. The van der Waals surface area contributed by atoms with Crippen LogP contribution < -0.4 is 5.32 Å². The minimum Gasteiger partial charge on any atom is -0.326 e. The number of thiophene rings is 1. The van der Waals surface area contributed by atoms with Crippen molar-refractivity contribution in [2.75, 3.05) is 18.4 Å². The lowest BCUT2D eigenvalue weighted by Crippen LogP contribution is -2.43. The summed E-state index contributed by atoms with van der Waals surface area (Å²) in [5, 5.41) is 2.94. The molecule has 1 aliphatic heterocycles. The highest BCUT2D eigenvalue weighted by atomic mass is 79.9. The molecule has 1 aromatic heterocycles. The Morgan fingerprint density at radius 2 is 1.92 bits per heavy atom. The number of carbonyl (C=O) groups is 1. The van der Waals surface area contributed by atoms with E-state index in [1.54, 1.807) is 12.1 Å². The van der Waals surface area contributed by atoms with Gasteiger partial charge in [0.1, 0.15) is 4.21 Å². The molecule has 0 aliphatic carbocycles. The minimum atomic E-state index is -3.55. The fourth-order valence-electron chi connectivity index (χ4n) is 3.23. The van der Waals surface area contributed by atoms with E-state index in [1.165, 1.54) is 15.6 Å². The van der Waals surface area contributed by atoms with Crippen molar-refractivity contribution in [3.63, 3.8) is 0 Å². The predicted octanol–water partition coefficient (Wildman–Crippen LogP) is 4.17. The van der Waals surface area contributed by atoms with E-state index in [2.05, 4.69) is 21.2 Å². The van der Waals surface area contributed by atoms with Crippen LogP contribution in [0.15, 0.2) is 38.3 Å². The van der Waals surface area contributed by atoms with Crippen molar-refractivity contribution in [1.82, 2.24) is 4.31 Å². The number of benzene rings is 1. The Labute approximate surface area is 166 Å². The molecule has 0 spiro atoms. The number of rotatable bonds is 4. The van der Waals surface area contributed by atoms with Crippen LogP contribution in [0.3, 0.4) is 0 Å². The molecule has 1 N–H and O–H groups in total. The van der Waals surface area contributed by atoms with Crippen LogP contribution in [-0.2, 0) is 14.8 Å². The minimum absolute atomic E-state index is 0.123. The first-order chi connectivity index (χ1) is 12.3. The summed E-state index contributed by atoms with van der Waals surface area (Å²) in [6, 6.07) is 9.22. The highest BCUT2D eigenvalue weighted by Crippen LogP contribution is 2.31. The van der Waals surface area contributed by atoms with E-state index in [1.807, 2.05) is 32.0 Å². The van der Waals surface area contributed by atoms with Gasteiger partial charge in [-0.25, -0.2) is 8.42 Å². The predicted molar refractivity (Wildman–Crippen MR) is 108 cm³/mol. The number of halogens is 1. The molecule has 1 atom stereocenters. The Kier molecular flexibility index (Phi) is 5.86. The highest BCUT2D eigenvalue weighted by Gasteiger charge is 2.34. The molecule has 5 nitrogen and oxygen atoms in total. The highest BCUT2D eigenvalue weighted by molar-refractivity contribution is 9.11. The Morgan fingerprint density at radius 3 is 2.54 bits per heavy atom. The number of piperidine rings is 1. The fraction of sp³-hybridized carbons (Fsp3) is 0.389. The molecular weight excluding hydrogens is 436 g/mol. The number of aryl methyl sites for hydroxylation is 2. The molecule has 0 saturated carbocycles. The van der Waals surface area contributed by atoms with Crippen LogP contribution in [-0.4, -0.2) is 31.7 Å². The molecule has 0 radical (unpaired) electrons. The smallest absolute Gasteiger partial charge is 0.252 e. The zero-order valence-electron chi connectivity index (χ0n) is 14.7. The number of anilines is 1. The van der Waals surface area contributed by atoms with Gasteiger partial charge in [-0.15, -0.1) is 11.3 Å². The van der Waals surface area contributed by atoms with Gasteiger partial charge in [0.25, 0.3) is 10.0 Å². The molecule has 1 amide bonds. The second kappa shape index (κ2) is 7.80. The van der Waals surface area contributed by atoms with Crippen molar-refractivity contribution in [2.45, 2.75) is 30.9 Å². The van der Waals surface area contributed by atoms with Crippen molar-refractivity contribution in [3.8, 4) is 0 Å². The Balaban J connectivity index is 1.72. The Bertz CT molecular complexity index is 904. The summed E-state index contributed by atoms with van der Waals surface area (Å²) >= 11 is 4.49. The number of nitrogens with zero attached hydrogens (tertiary/aromatic N) is 1. The Morgan fingerprint density at radius 1 is 1.23 bits per heavy atom. The van der Waals surface area contributed by atoms with E-state index in [-0.39, 0.29) is 18.4 Å². The monoisotopic (exact) mass is 456 g/mol. The van der Waals surface area contributed by atoms with E-state index in [4.69, 9.17) is 0 Å². The summed E-state index contributed by atoms with van der Waals surface area (Å²) in [5.74, 6) is -0.468. The van der Waals surface area contributed by atoms with Crippen molar-refractivity contribution in [3.05, 3.63) is 45.2 Å². The molecule has 1 unspecified atom stereocenters. The zero-order chi connectivity index (χ0) is 18.9. The lowest BCUT2D eigenvalue weighted by molar-refractivity contribution is -0.120. The van der Waals surface area contributed by atoms with E-state index in [9.17, 15) is 13.2 Å². The third-order valence-corrected chi connectivity index (χ3v) is 8.34. The average Bonchev–Trinajstić information content (AvgIpc) is 3.01. The van der Waals surface area contributed by atoms with Crippen LogP contribution in [0.4, 0.5) is 5.69 Å². The van der Waals surface area contributed by atoms with Crippen molar-refractivity contribution >= 4 is 48.9 Å². The average molecular weight is 457 g/mol. The summed E-state index contributed by atoms with van der Waals surface area (Å²) in [7, 11) is -3.55. The van der Waals surface area contributed by atoms with Gasteiger partial charge in [-0.05, 0) is 78.0 Å². The van der Waals surface area contributed by atoms with Gasteiger partial charge in [0, 0.05) is 18.8 Å². The summed E-state index contributed by atoms with van der Waals surface area (Å²) in [6.45, 7) is 4.63. The largest absolute Gasteiger partial charge is 0.326 e. The molecule has 2 aromatic rings. The second-order valence-electron chi connectivity index (χ2n) is 6.63. The van der Waals surface area contributed by atoms with Crippen LogP contribution in [0, 0.1) is 19.8 Å². The van der Waals surface area contributed by atoms with Gasteiger partial charge in [0.2, 0.25) is 5.91 Å². The zero-order valence-corrected chi connectivity index (χ0v) is 17.9. The first kappa shape index (κ1) is 19.5. The molecule has 8 heteroatoms. The maximum absolute atomic E-state index is 12.8. The molecule has 3 rings (SSSR count). The van der Waals surface area contributed by atoms with Gasteiger partial charge in [0.15, 0.2) is 0 Å². The third kappa shape index (κ3) is 4.36. The van der Waals surface area contributed by atoms with Crippen molar-refractivity contribution in [1.29, 1.82) is 0 Å². The summed E-state index contributed by atoms with van der Waals surface area (Å²) in [5.41, 5.74) is 2.92. The number of carbonyl (C=O) groups excluding carboxylic acids is 1. The standard InChI is InChI=1S/C18H21BrN2O3S2/c1-12-8-13(2)10-15(9-12)20-18(22)14-4-3-7-21(11-14)26(23,24)17-6-5-16(19)25-17/h5-6,8-10,14H,3-4,7,11H2,1-2H3,(H,20,22). The van der Waals surface area contributed by atoms with Crippen LogP contribution in [0.25, 0.3) is 0 Å². The lowest BCUT2D eigenvalue weighted by atomic mass is 9.98. The van der Waals surface area contributed by atoms with Crippen molar-refractivity contribution in [2.24, 2.45) is 5.92 Å². The molecule has 1 fully saturated rings.